The van der Waals surface area contributed by atoms with Crippen LogP contribution in [0.4, 0.5) is 5.69 Å². The molecule has 0 aromatic heterocycles. The van der Waals surface area contributed by atoms with E-state index >= 15 is 0 Å². The van der Waals surface area contributed by atoms with Gasteiger partial charge in [0.15, 0.2) is 5.54 Å². The van der Waals surface area contributed by atoms with Crippen LogP contribution in [0, 0.1) is 5.92 Å². The molecule has 1 aliphatic heterocycles. The first-order valence-electron chi connectivity index (χ1n) is 6.25. The van der Waals surface area contributed by atoms with Crippen molar-refractivity contribution in [3.8, 4) is 0 Å². The second-order valence-electron chi connectivity index (χ2n) is 6.16. The molecule has 0 unspecified atom stereocenters. The molecular weight excluding hydrogens is 303 g/mol. The standard InChI is InChI=1S/C14H18Cl3N2/c1-8-13(2,3)18-19(14(8,4)5)12-10(16)6-9(15)7-11(12)17/h6-8H,1-5H3/q+1/t8-/m0/s1. The zero-order valence-electron chi connectivity index (χ0n) is 11.8. The van der Waals surface area contributed by atoms with Crippen molar-refractivity contribution in [3.63, 3.8) is 0 Å². The van der Waals surface area contributed by atoms with E-state index in [4.69, 9.17) is 39.9 Å². The van der Waals surface area contributed by atoms with E-state index < -0.39 is 0 Å². The Bertz CT molecular complexity index is 539. The minimum absolute atomic E-state index is 0.157. The van der Waals surface area contributed by atoms with E-state index in [1.54, 1.807) is 12.1 Å². The van der Waals surface area contributed by atoms with Gasteiger partial charge in [0.05, 0.1) is 5.92 Å². The fourth-order valence-electron chi connectivity index (χ4n) is 2.60. The van der Waals surface area contributed by atoms with Gasteiger partial charge in [-0.05, 0) is 31.1 Å². The van der Waals surface area contributed by atoms with Crippen molar-refractivity contribution in [1.82, 2.24) is 0 Å². The molecule has 104 valence electrons. The quantitative estimate of drug-likeness (QED) is 0.568. The SMILES string of the molecule is C[C@H]1C(C)(C)N=[N+](c2c(Cl)cc(Cl)cc2Cl)C1(C)C. The summed E-state index contributed by atoms with van der Waals surface area (Å²) in [6.07, 6.45) is 0. The van der Waals surface area contributed by atoms with Crippen molar-refractivity contribution < 1.29 is 4.70 Å². The van der Waals surface area contributed by atoms with Crippen LogP contribution in [-0.4, -0.2) is 15.8 Å². The maximum absolute atomic E-state index is 6.31. The summed E-state index contributed by atoms with van der Waals surface area (Å²) in [4.78, 5) is 0. The van der Waals surface area contributed by atoms with Crippen molar-refractivity contribution in [2.24, 2.45) is 11.0 Å². The lowest BCUT2D eigenvalue weighted by Gasteiger charge is -2.24. The summed E-state index contributed by atoms with van der Waals surface area (Å²) in [6, 6.07) is 3.40. The van der Waals surface area contributed by atoms with Gasteiger partial charge in [0.2, 0.25) is 0 Å². The summed E-state index contributed by atoms with van der Waals surface area (Å²) in [5.41, 5.74) is 0.413. The number of hydrogen-bond donors (Lipinski definition) is 0. The van der Waals surface area contributed by atoms with Crippen molar-refractivity contribution in [1.29, 1.82) is 0 Å². The van der Waals surface area contributed by atoms with Gasteiger partial charge in [-0.25, -0.2) is 0 Å². The lowest BCUT2D eigenvalue weighted by molar-refractivity contribution is -0.578. The van der Waals surface area contributed by atoms with Gasteiger partial charge in [0.1, 0.15) is 15.6 Å². The first-order chi connectivity index (χ1) is 8.57. The van der Waals surface area contributed by atoms with E-state index in [2.05, 4.69) is 34.6 Å². The highest BCUT2D eigenvalue weighted by molar-refractivity contribution is 6.41. The number of hydrogen-bond acceptors (Lipinski definition) is 1. The molecule has 0 amide bonds. The molecule has 0 radical (unpaired) electrons. The van der Waals surface area contributed by atoms with Crippen LogP contribution in [0.3, 0.4) is 0 Å². The molecule has 1 aliphatic rings. The molecule has 0 saturated carbocycles. The molecule has 0 bridgehead atoms. The van der Waals surface area contributed by atoms with Gasteiger partial charge in [0, 0.05) is 18.9 Å². The molecular formula is C14H18Cl3N2+. The van der Waals surface area contributed by atoms with E-state index in [9.17, 15) is 0 Å². The summed E-state index contributed by atoms with van der Waals surface area (Å²) in [6.45, 7) is 10.7. The van der Waals surface area contributed by atoms with Gasteiger partial charge in [-0.3, -0.25) is 0 Å². The molecule has 1 heterocycles. The van der Waals surface area contributed by atoms with Crippen molar-refractivity contribution in [2.75, 3.05) is 0 Å². The first-order valence-corrected chi connectivity index (χ1v) is 7.38. The van der Waals surface area contributed by atoms with Crippen LogP contribution in [0.25, 0.3) is 0 Å². The first kappa shape index (κ1) is 15.1. The van der Waals surface area contributed by atoms with Gasteiger partial charge >= 0.3 is 0 Å². The highest BCUT2D eigenvalue weighted by Crippen LogP contribution is 2.47. The Morgan fingerprint density at radius 3 is 1.89 bits per heavy atom. The predicted molar refractivity (Wildman–Crippen MR) is 81.1 cm³/mol. The van der Waals surface area contributed by atoms with Crippen molar-refractivity contribution in [2.45, 2.75) is 45.7 Å². The van der Waals surface area contributed by atoms with E-state index in [1.165, 1.54) is 0 Å². The Labute approximate surface area is 129 Å². The normalized spacial score (nSPS) is 24.4. The van der Waals surface area contributed by atoms with Crippen molar-refractivity contribution in [3.05, 3.63) is 27.2 Å². The Balaban J connectivity index is 2.66. The number of nitrogens with zero attached hydrogens (tertiary/aromatic N) is 2. The largest absolute Gasteiger partial charge is 0.269 e. The third-order valence-corrected chi connectivity index (χ3v) is 5.01. The van der Waals surface area contributed by atoms with Gasteiger partial charge < -0.3 is 0 Å². The molecule has 0 spiro atoms. The van der Waals surface area contributed by atoms with Crippen LogP contribution in [0.15, 0.2) is 17.2 Å². The second-order valence-corrected chi connectivity index (χ2v) is 7.41. The zero-order valence-corrected chi connectivity index (χ0v) is 14.0. The van der Waals surface area contributed by atoms with Gasteiger partial charge in [-0.15, -0.1) is 0 Å². The van der Waals surface area contributed by atoms with Crippen molar-refractivity contribution >= 4 is 40.5 Å². The summed E-state index contributed by atoms with van der Waals surface area (Å²) >= 11 is 18.6. The number of benzene rings is 1. The molecule has 2 nitrogen and oxygen atoms in total. The fraction of sp³-hybridized carbons (Fsp3) is 0.571. The van der Waals surface area contributed by atoms with Gasteiger partial charge in [-0.1, -0.05) is 46.4 Å². The highest BCUT2D eigenvalue weighted by Gasteiger charge is 2.56. The molecule has 1 aromatic rings. The molecule has 2 rings (SSSR count). The monoisotopic (exact) mass is 319 g/mol. The summed E-state index contributed by atoms with van der Waals surface area (Å²) in [5, 5.41) is 6.38. The second kappa shape index (κ2) is 4.61. The van der Waals surface area contributed by atoms with E-state index in [0.717, 1.165) is 5.69 Å². The Morgan fingerprint density at radius 1 is 1.05 bits per heavy atom. The average Bonchev–Trinajstić information content (AvgIpc) is 2.38. The Morgan fingerprint density at radius 2 is 1.53 bits per heavy atom. The fourth-order valence-corrected chi connectivity index (χ4v) is 3.57. The molecule has 0 N–H and O–H groups in total. The molecule has 19 heavy (non-hydrogen) atoms. The molecule has 1 aromatic carbocycles. The number of rotatable bonds is 1. The molecule has 1 atom stereocenters. The number of halogens is 3. The van der Waals surface area contributed by atoms with Crippen LogP contribution in [-0.2, 0) is 0 Å². The summed E-state index contributed by atoms with van der Waals surface area (Å²) < 4.78 is 1.94. The Hall–Kier alpha value is -0.310. The van der Waals surface area contributed by atoms with Crippen LogP contribution < -0.4 is 0 Å². The average molecular weight is 321 g/mol. The van der Waals surface area contributed by atoms with Crippen LogP contribution in [0.2, 0.25) is 15.1 Å². The summed E-state index contributed by atoms with van der Waals surface area (Å²) in [7, 11) is 0. The third kappa shape index (κ3) is 2.39. The van der Waals surface area contributed by atoms with Gasteiger partial charge in [0.25, 0.3) is 5.69 Å². The number of azo groups is 2. The minimum atomic E-state index is -0.162. The van der Waals surface area contributed by atoms with Crippen LogP contribution >= 0.6 is 34.8 Å². The zero-order chi connectivity index (χ0) is 14.6. The maximum atomic E-state index is 6.31. The maximum Gasteiger partial charge on any atom is 0.269 e. The third-order valence-electron chi connectivity index (χ3n) is 4.22. The topological polar surface area (TPSA) is 15.4 Å². The van der Waals surface area contributed by atoms with Crippen LogP contribution in [0.5, 0.6) is 0 Å². The predicted octanol–water partition coefficient (Wildman–Crippen LogP) is 5.95. The Kier molecular flexibility index (Phi) is 3.66. The summed E-state index contributed by atoms with van der Waals surface area (Å²) in [5.74, 6) is 0.364. The molecule has 0 aliphatic carbocycles. The lowest BCUT2D eigenvalue weighted by Crippen LogP contribution is -2.40. The van der Waals surface area contributed by atoms with Gasteiger partial charge in [-0.2, -0.15) is 0 Å². The minimum Gasteiger partial charge on any atom is -0.0842 e. The molecule has 5 heteroatoms. The highest BCUT2D eigenvalue weighted by atomic mass is 35.5. The molecule has 0 saturated heterocycles. The lowest BCUT2D eigenvalue weighted by atomic mass is 9.78. The van der Waals surface area contributed by atoms with E-state index in [1.807, 2.05) is 4.70 Å². The smallest absolute Gasteiger partial charge is 0.0842 e. The molecule has 0 fully saturated rings. The van der Waals surface area contributed by atoms with E-state index in [0.29, 0.717) is 21.0 Å². The van der Waals surface area contributed by atoms with Crippen LogP contribution in [0.1, 0.15) is 34.6 Å². The van der Waals surface area contributed by atoms with E-state index in [-0.39, 0.29) is 11.1 Å².